The lowest BCUT2D eigenvalue weighted by Crippen LogP contribution is -2.48. The van der Waals surface area contributed by atoms with Crippen molar-refractivity contribution in [2.75, 3.05) is 6.54 Å². The first kappa shape index (κ1) is 22.2. The molecule has 7 heteroatoms. The van der Waals surface area contributed by atoms with Crippen molar-refractivity contribution in [2.45, 2.75) is 39.3 Å². The summed E-state index contributed by atoms with van der Waals surface area (Å²) in [5, 5.41) is 3.56. The summed E-state index contributed by atoms with van der Waals surface area (Å²) in [6.07, 6.45) is 0.554. The Kier molecular flexibility index (Phi) is 8.27. The van der Waals surface area contributed by atoms with Crippen molar-refractivity contribution in [3.8, 4) is 0 Å². The molecule has 0 saturated carbocycles. The van der Waals surface area contributed by atoms with Gasteiger partial charge in [-0.3, -0.25) is 9.59 Å². The molecule has 2 aromatic carbocycles. The molecule has 4 nitrogen and oxygen atoms in total. The van der Waals surface area contributed by atoms with Gasteiger partial charge in [0.15, 0.2) is 0 Å². The number of hydrogen-bond donors (Lipinski definition) is 1. The Morgan fingerprint density at radius 1 is 1.14 bits per heavy atom. The fourth-order valence-electron chi connectivity index (χ4n) is 2.72. The monoisotopic (exact) mass is 424 g/mol. The molecule has 1 N–H and O–H groups in total. The summed E-state index contributed by atoms with van der Waals surface area (Å²) in [7, 11) is 0. The number of amides is 2. The van der Waals surface area contributed by atoms with Crippen molar-refractivity contribution in [2.24, 2.45) is 0 Å². The van der Waals surface area contributed by atoms with Gasteiger partial charge in [-0.05, 0) is 43.2 Å². The van der Waals surface area contributed by atoms with Gasteiger partial charge in [0, 0.05) is 28.7 Å². The van der Waals surface area contributed by atoms with E-state index in [0.717, 1.165) is 12.0 Å². The maximum Gasteiger partial charge on any atom is 0.242 e. The summed E-state index contributed by atoms with van der Waals surface area (Å²) >= 11 is 12.0. The number of carbonyl (C=O) groups is 2. The molecule has 1 atom stereocenters. The van der Waals surface area contributed by atoms with Crippen molar-refractivity contribution < 1.29 is 14.0 Å². The number of rotatable bonds is 8. The smallest absolute Gasteiger partial charge is 0.242 e. The standard InChI is InChI=1S/C21H23Cl2FN2O2/c1-3-11-25-21(28)14(2)26(13-15-7-9-16(22)10-8-15)20(27)12-17-18(23)5-4-6-19(17)24/h4-10,14H,3,11-13H2,1-2H3,(H,25,28)/t14-/m0/s1. The predicted molar refractivity (Wildman–Crippen MR) is 110 cm³/mol. The van der Waals surface area contributed by atoms with E-state index in [0.29, 0.717) is 11.6 Å². The molecule has 0 radical (unpaired) electrons. The molecule has 0 aromatic heterocycles. The highest BCUT2D eigenvalue weighted by Gasteiger charge is 2.27. The van der Waals surface area contributed by atoms with E-state index < -0.39 is 11.9 Å². The lowest BCUT2D eigenvalue weighted by molar-refractivity contribution is -0.140. The largest absolute Gasteiger partial charge is 0.354 e. The van der Waals surface area contributed by atoms with Gasteiger partial charge in [-0.25, -0.2) is 4.39 Å². The third-order valence-corrected chi connectivity index (χ3v) is 4.98. The summed E-state index contributed by atoms with van der Waals surface area (Å²) in [5.74, 6) is -1.19. The van der Waals surface area contributed by atoms with Crippen LogP contribution in [0.4, 0.5) is 4.39 Å². The van der Waals surface area contributed by atoms with Gasteiger partial charge in [-0.1, -0.05) is 48.3 Å². The first-order chi connectivity index (χ1) is 13.3. The second kappa shape index (κ2) is 10.4. The Balaban J connectivity index is 2.26. The topological polar surface area (TPSA) is 49.4 Å². The maximum atomic E-state index is 14.1. The molecule has 0 heterocycles. The van der Waals surface area contributed by atoms with Gasteiger partial charge >= 0.3 is 0 Å². The first-order valence-corrected chi connectivity index (χ1v) is 9.83. The van der Waals surface area contributed by atoms with Gasteiger partial charge in [0.1, 0.15) is 11.9 Å². The Labute approximate surface area is 174 Å². The molecule has 2 rings (SSSR count). The minimum atomic E-state index is -0.722. The van der Waals surface area contributed by atoms with Crippen molar-refractivity contribution in [1.29, 1.82) is 0 Å². The van der Waals surface area contributed by atoms with Crippen LogP contribution in [-0.4, -0.2) is 29.3 Å². The lowest BCUT2D eigenvalue weighted by atomic mass is 10.1. The van der Waals surface area contributed by atoms with Crippen LogP contribution in [0.15, 0.2) is 42.5 Å². The van der Waals surface area contributed by atoms with E-state index in [4.69, 9.17) is 23.2 Å². The zero-order valence-corrected chi connectivity index (χ0v) is 17.4. The average molecular weight is 425 g/mol. The molecular formula is C21H23Cl2FN2O2. The predicted octanol–water partition coefficient (Wildman–Crippen LogP) is 4.62. The lowest BCUT2D eigenvalue weighted by Gasteiger charge is -2.29. The molecule has 28 heavy (non-hydrogen) atoms. The van der Waals surface area contributed by atoms with Gasteiger partial charge in [0.25, 0.3) is 0 Å². The second-order valence-corrected chi connectivity index (χ2v) is 7.34. The number of carbonyl (C=O) groups excluding carboxylic acids is 2. The molecule has 0 aliphatic heterocycles. The molecule has 0 bridgehead atoms. The van der Waals surface area contributed by atoms with Gasteiger partial charge in [-0.15, -0.1) is 0 Å². The highest BCUT2D eigenvalue weighted by atomic mass is 35.5. The van der Waals surface area contributed by atoms with Gasteiger partial charge in [-0.2, -0.15) is 0 Å². The number of nitrogens with one attached hydrogen (secondary N) is 1. The molecule has 150 valence electrons. The summed E-state index contributed by atoms with van der Waals surface area (Å²) in [4.78, 5) is 26.9. The van der Waals surface area contributed by atoms with E-state index in [9.17, 15) is 14.0 Å². The zero-order chi connectivity index (χ0) is 20.7. The van der Waals surface area contributed by atoms with Crippen molar-refractivity contribution in [3.05, 3.63) is 69.5 Å². The summed E-state index contributed by atoms with van der Waals surface area (Å²) < 4.78 is 14.1. The van der Waals surface area contributed by atoms with E-state index in [1.807, 2.05) is 6.92 Å². The third kappa shape index (κ3) is 5.94. The van der Waals surface area contributed by atoms with Crippen LogP contribution >= 0.6 is 23.2 Å². The van der Waals surface area contributed by atoms with Crippen LogP contribution in [0.5, 0.6) is 0 Å². The molecule has 0 aliphatic rings. The molecule has 2 aromatic rings. The summed E-state index contributed by atoms with van der Waals surface area (Å²) in [6, 6.07) is 10.6. The van der Waals surface area contributed by atoms with Crippen LogP contribution in [0.25, 0.3) is 0 Å². The van der Waals surface area contributed by atoms with E-state index in [2.05, 4.69) is 5.32 Å². The van der Waals surface area contributed by atoms with Crippen molar-refractivity contribution >= 4 is 35.0 Å². The van der Waals surface area contributed by atoms with Crippen molar-refractivity contribution in [3.63, 3.8) is 0 Å². The molecule has 0 aliphatic carbocycles. The third-order valence-electron chi connectivity index (χ3n) is 4.37. The molecule has 0 unspecified atom stereocenters. The van der Waals surface area contributed by atoms with Crippen LogP contribution in [0.3, 0.4) is 0 Å². The number of benzene rings is 2. The normalized spacial score (nSPS) is 11.8. The number of hydrogen-bond acceptors (Lipinski definition) is 2. The van der Waals surface area contributed by atoms with Gasteiger partial charge in [0.05, 0.1) is 6.42 Å². The minimum absolute atomic E-state index is 0.122. The summed E-state index contributed by atoms with van der Waals surface area (Å²) in [5.41, 5.74) is 0.934. The SMILES string of the molecule is CCCNC(=O)[C@H](C)N(Cc1ccc(Cl)cc1)C(=O)Cc1c(F)cccc1Cl. The molecule has 0 fully saturated rings. The molecule has 2 amide bonds. The van der Waals surface area contributed by atoms with Crippen molar-refractivity contribution in [1.82, 2.24) is 10.2 Å². The van der Waals surface area contributed by atoms with E-state index in [1.165, 1.54) is 23.1 Å². The first-order valence-electron chi connectivity index (χ1n) is 9.08. The Morgan fingerprint density at radius 2 is 1.82 bits per heavy atom. The van der Waals surface area contributed by atoms with Crippen LogP contribution in [0.1, 0.15) is 31.4 Å². The second-order valence-electron chi connectivity index (χ2n) is 6.49. The van der Waals surface area contributed by atoms with E-state index in [1.54, 1.807) is 31.2 Å². The van der Waals surface area contributed by atoms with Gasteiger partial charge in [0.2, 0.25) is 11.8 Å². The van der Waals surface area contributed by atoms with E-state index in [-0.39, 0.29) is 35.4 Å². The Bertz CT molecular complexity index is 807. The highest BCUT2D eigenvalue weighted by molar-refractivity contribution is 6.31. The van der Waals surface area contributed by atoms with Crippen LogP contribution in [0.2, 0.25) is 10.0 Å². The molecular weight excluding hydrogens is 402 g/mol. The highest BCUT2D eigenvalue weighted by Crippen LogP contribution is 2.21. The fourth-order valence-corrected chi connectivity index (χ4v) is 3.07. The fraction of sp³-hybridized carbons (Fsp3) is 0.333. The maximum absolute atomic E-state index is 14.1. The Morgan fingerprint density at radius 3 is 2.43 bits per heavy atom. The van der Waals surface area contributed by atoms with E-state index >= 15 is 0 Å². The number of nitrogens with zero attached hydrogens (tertiary/aromatic N) is 1. The minimum Gasteiger partial charge on any atom is -0.354 e. The average Bonchev–Trinajstić information content (AvgIpc) is 2.67. The molecule has 0 spiro atoms. The van der Waals surface area contributed by atoms with Gasteiger partial charge < -0.3 is 10.2 Å². The summed E-state index contributed by atoms with van der Waals surface area (Å²) in [6.45, 7) is 4.32. The molecule has 0 saturated heterocycles. The van der Waals surface area contributed by atoms with Crippen LogP contribution < -0.4 is 5.32 Å². The number of halogens is 3. The Hall–Kier alpha value is -2.11. The quantitative estimate of drug-likeness (QED) is 0.671. The van der Waals surface area contributed by atoms with Crippen LogP contribution in [0, 0.1) is 5.82 Å². The zero-order valence-electron chi connectivity index (χ0n) is 15.8. The van der Waals surface area contributed by atoms with Crippen LogP contribution in [-0.2, 0) is 22.6 Å².